The molecule has 0 saturated heterocycles. The molecule has 4 nitrogen and oxygen atoms in total. The fourth-order valence-corrected chi connectivity index (χ4v) is 1.53. The van der Waals surface area contributed by atoms with Crippen LogP contribution in [0, 0.1) is 0 Å². The molecule has 0 spiro atoms. The Hall–Kier alpha value is -1.97. The van der Waals surface area contributed by atoms with Crippen molar-refractivity contribution < 1.29 is 14.6 Å². The Bertz CT molecular complexity index is 516. The molecule has 1 aromatic carbocycles. The number of rotatable bonds is 4. The molecule has 0 atom stereocenters. The maximum Gasteiger partial charge on any atom is 0.352 e. The third-order valence-corrected chi connectivity index (χ3v) is 2.30. The highest BCUT2D eigenvalue weighted by molar-refractivity contribution is 5.94. The van der Waals surface area contributed by atoms with E-state index < -0.39 is 5.97 Å². The van der Waals surface area contributed by atoms with E-state index in [9.17, 15) is 4.79 Å². The fourth-order valence-electron chi connectivity index (χ4n) is 1.53. The Kier molecular flexibility index (Phi) is 2.81. The van der Waals surface area contributed by atoms with Gasteiger partial charge in [0, 0.05) is 17.0 Å². The van der Waals surface area contributed by atoms with Gasteiger partial charge in [-0.25, -0.2) is 4.79 Å². The van der Waals surface area contributed by atoms with Crippen LogP contribution >= 0.6 is 0 Å². The second-order valence-corrected chi connectivity index (χ2v) is 3.59. The molecule has 0 amide bonds. The number of H-pyrrole nitrogens is 1. The van der Waals surface area contributed by atoms with Gasteiger partial charge in [-0.1, -0.05) is 6.92 Å². The number of nitrogens with one attached hydrogen (secondary N) is 1. The van der Waals surface area contributed by atoms with Crippen molar-refractivity contribution in [2.75, 3.05) is 6.61 Å². The van der Waals surface area contributed by atoms with Gasteiger partial charge in [0.15, 0.2) is 0 Å². The van der Waals surface area contributed by atoms with Gasteiger partial charge in [0.2, 0.25) is 0 Å². The van der Waals surface area contributed by atoms with Crippen LogP contribution in [0.4, 0.5) is 0 Å². The number of hydrogen-bond acceptors (Lipinski definition) is 2. The molecule has 0 radical (unpaired) electrons. The van der Waals surface area contributed by atoms with Crippen LogP contribution in [-0.2, 0) is 0 Å². The highest BCUT2D eigenvalue weighted by Crippen LogP contribution is 2.21. The molecular weight excluding hydrogens is 206 g/mol. The third kappa shape index (κ3) is 2.00. The van der Waals surface area contributed by atoms with E-state index in [1.54, 1.807) is 6.07 Å². The first kappa shape index (κ1) is 10.5. The predicted octanol–water partition coefficient (Wildman–Crippen LogP) is 2.65. The van der Waals surface area contributed by atoms with Gasteiger partial charge in [-0.2, -0.15) is 0 Å². The molecule has 2 N–H and O–H groups in total. The van der Waals surface area contributed by atoms with E-state index in [-0.39, 0.29) is 5.69 Å². The average molecular weight is 219 g/mol. The van der Waals surface area contributed by atoms with E-state index in [1.165, 1.54) is 0 Å². The molecule has 0 aliphatic heterocycles. The summed E-state index contributed by atoms with van der Waals surface area (Å²) in [5.74, 6) is -0.194. The Morgan fingerprint density at radius 3 is 2.94 bits per heavy atom. The van der Waals surface area contributed by atoms with Crippen LogP contribution < -0.4 is 4.74 Å². The van der Waals surface area contributed by atoms with E-state index in [0.717, 1.165) is 23.1 Å². The minimum absolute atomic E-state index is 0.197. The SMILES string of the molecule is CCCOc1ccc2cc(C(=O)O)[nH]c2c1. The average Bonchev–Trinajstić information content (AvgIpc) is 2.69. The van der Waals surface area contributed by atoms with E-state index in [4.69, 9.17) is 9.84 Å². The zero-order chi connectivity index (χ0) is 11.5. The minimum atomic E-state index is -0.952. The number of hydrogen-bond donors (Lipinski definition) is 2. The molecule has 0 aliphatic rings. The van der Waals surface area contributed by atoms with Crippen LogP contribution in [0.25, 0.3) is 10.9 Å². The van der Waals surface area contributed by atoms with E-state index >= 15 is 0 Å². The summed E-state index contributed by atoms with van der Waals surface area (Å²) in [6.45, 7) is 2.70. The van der Waals surface area contributed by atoms with Crippen molar-refractivity contribution >= 4 is 16.9 Å². The number of aromatic carboxylic acids is 1. The second kappa shape index (κ2) is 4.26. The lowest BCUT2D eigenvalue weighted by Crippen LogP contribution is -1.95. The highest BCUT2D eigenvalue weighted by atomic mass is 16.5. The summed E-state index contributed by atoms with van der Waals surface area (Å²) < 4.78 is 5.47. The van der Waals surface area contributed by atoms with Crippen molar-refractivity contribution in [3.63, 3.8) is 0 Å². The number of carboxylic acids is 1. The lowest BCUT2D eigenvalue weighted by Gasteiger charge is -2.03. The van der Waals surface area contributed by atoms with E-state index in [2.05, 4.69) is 4.98 Å². The quantitative estimate of drug-likeness (QED) is 0.830. The Morgan fingerprint density at radius 1 is 1.44 bits per heavy atom. The summed E-state index contributed by atoms with van der Waals surface area (Å²) in [5, 5.41) is 9.71. The maximum absolute atomic E-state index is 10.8. The van der Waals surface area contributed by atoms with Crippen LogP contribution in [0.5, 0.6) is 5.75 Å². The van der Waals surface area contributed by atoms with Crippen molar-refractivity contribution in [1.82, 2.24) is 4.98 Å². The van der Waals surface area contributed by atoms with Crippen LogP contribution in [-0.4, -0.2) is 22.7 Å². The summed E-state index contributed by atoms with van der Waals surface area (Å²) in [7, 11) is 0. The minimum Gasteiger partial charge on any atom is -0.494 e. The summed E-state index contributed by atoms with van der Waals surface area (Å²) in [6.07, 6.45) is 0.948. The second-order valence-electron chi connectivity index (χ2n) is 3.59. The Balaban J connectivity index is 2.34. The molecular formula is C12H13NO3. The summed E-state index contributed by atoms with van der Waals surface area (Å²) in [4.78, 5) is 13.6. The number of carboxylic acid groups (broad SMARTS) is 1. The summed E-state index contributed by atoms with van der Waals surface area (Å²) >= 11 is 0. The molecule has 1 heterocycles. The molecule has 0 saturated carbocycles. The Labute approximate surface area is 92.9 Å². The van der Waals surface area contributed by atoms with Gasteiger partial charge in [-0.15, -0.1) is 0 Å². The predicted molar refractivity (Wildman–Crippen MR) is 61.0 cm³/mol. The number of ether oxygens (including phenoxy) is 1. The topological polar surface area (TPSA) is 62.3 Å². The van der Waals surface area contributed by atoms with Gasteiger partial charge in [0.1, 0.15) is 11.4 Å². The highest BCUT2D eigenvalue weighted by Gasteiger charge is 2.07. The van der Waals surface area contributed by atoms with Crippen molar-refractivity contribution in [2.24, 2.45) is 0 Å². The van der Waals surface area contributed by atoms with E-state index in [0.29, 0.717) is 6.61 Å². The molecule has 84 valence electrons. The first-order valence-electron chi connectivity index (χ1n) is 5.19. The molecule has 4 heteroatoms. The monoisotopic (exact) mass is 219 g/mol. The summed E-state index contributed by atoms with van der Waals surface area (Å²) in [5.41, 5.74) is 0.980. The largest absolute Gasteiger partial charge is 0.494 e. The van der Waals surface area contributed by atoms with Crippen molar-refractivity contribution in [3.8, 4) is 5.75 Å². The normalized spacial score (nSPS) is 10.6. The van der Waals surface area contributed by atoms with Gasteiger partial charge < -0.3 is 14.8 Å². The van der Waals surface area contributed by atoms with Crippen molar-refractivity contribution in [3.05, 3.63) is 30.0 Å². The van der Waals surface area contributed by atoms with Gasteiger partial charge >= 0.3 is 5.97 Å². The number of aromatic amines is 1. The van der Waals surface area contributed by atoms with E-state index in [1.807, 2.05) is 25.1 Å². The molecule has 0 bridgehead atoms. The molecule has 2 rings (SSSR count). The molecule has 0 unspecified atom stereocenters. The van der Waals surface area contributed by atoms with Crippen LogP contribution in [0.1, 0.15) is 23.8 Å². The number of aromatic nitrogens is 1. The number of carbonyl (C=O) groups is 1. The Morgan fingerprint density at radius 2 is 2.25 bits per heavy atom. The zero-order valence-electron chi connectivity index (χ0n) is 8.99. The molecule has 1 aromatic heterocycles. The van der Waals surface area contributed by atoms with Gasteiger partial charge in [-0.05, 0) is 24.6 Å². The molecule has 0 aliphatic carbocycles. The molecule has 16 heavy (non-hydrogen) atoms. The lowest BCUT2D eigenvalue weighted by molar-refractivity contribution is 0.0691. The number of benzene rings is 1. The zero-order valence-corrected chi connectivity index (χ0v) is 8.99. The van der Waals surface area contributed by atoms with Gasteiger partial charge in [-0.3, -0.25) is 0 Å². The third-order valence-electron chi connectivity index (χ3n) is 2.30. The van der Waals surface area contributed by atoms with Crippen LogP contribution in [0.2, 0.25) is 0 Å². The number of fused-ring (bicyclic) bond motifs is 1. The van der Waals surface area contributed by atoms with Gasteiger partial charge in [0.25, 0.3) is 0 Å². The van der Waals surface area contributed by atoms with Crippen molar-refractivity contribution in [1.29, 1.82) is 0 Å². The summed E-state index contributed by atoms with van der Waals surface area (Å²) in [6, 6.07) is 7.12. The first-order chi connectivity index (χ1) is 7.70. The molecule has 0 fully saturated rings. The van der Waals surface area contributed by atoms with Crippen molar-refractivity contribution in [2.45, 2.75) is 13.3 Å². The van der Waals surface area contributed by atoms with Crippen LogP contribution in [0.15, 0.2) is 24.3 Å². The van der Waals surface area contributed by atoms with Crippen LogP contribution in [0.3, 0.4) is 0 Å². The maximum atomic E-state index is 10.8. The van der Waals surface area contributed by atoms with Gasteiger partial charge in [0.05, 0.1) is 6.61 Å². The lowest BCUT2D eigenvalue weighted by atomic mass is 10.2. The molecule has 2 aromatic rings. The first-order valence-corrected chi connectivity index (χ1v) is 5.19. The fraction of sp³-hybridized carbons (Fsp3) is 0.250. The smallest absolute Gasteiger partial charge is 0.352 e. The standard InChI is InChI=1S/C12H13NO3/c1-2-5-16-9-4-3-8-6-11(12(14)15)13-10(8)7-9/h3-4,6-7,13H,2,5H2,1H3,(H,14,15).